The van der Waals surface area contributed by atoms with Crippen molar-refractivity contribution in [2.75, 3.05) is 13.7 Å². The van der Waals surface area contributed by atoms with Crippen LogP contribution in [0.3, 0.4) is 0 Å². The molecule has 4 heteroatoms. The normalized spacial score (nSPS) is 23.8. The maximum absolute atomic E-state index is 6.11. The van der Waals surface area contributed by atoms with Gasteiger partial charge in [-0.3, -0.25) is 0 Å². The highest BCUT2D eigenvalue weighted by molar-refractivity contribution is 6.32. The molecule has 1 aromatic rings. The minimum Gasteiger partial charge on any atom is -0.495 e. The summed E-state index contributed by atoms with van der Waals surface area (Å²) in [4.78, 5) is 0. The number of rotatable bonds is 6. The van der Waals surface area contributed by atoms with Crippen molar-refractivity contribution in [1.29, 1.82) is 0 Å². The highest BCUT2D eigenvalue weighted by atomic mass is 35.5. The summed E-state index contributed by atoms with van der Waals surface area (Å²) in [5.74, 6) is 0.721. The zero-order valence-electron chi connectivity index (χ0n) is 12.5. The van der Waals surface area contributed by atoms with Crippen LogP contribution in [0.2, 0.25) is 5.02 Å². The smallest absolute Gasteiger partial charge is 0.137 e. The van der Waals surface area contributed by atoms with E-state index < -0.39 is 0 Å². The fraction of sp³-hybridized carbons (Fsp3) is 0.625. The monoisotopic (exact) mass is 297 g/mol. The Morgan fingerprint density at radius 1 is 1.45 bits per heavy atom. The maximum atomic E-state index is 6.11. The summed E-state index contributed by atoms with van der Waals surface area (Å²) in [6, 6.07) is 6.17. The van der Waals surface area contributed by atoms with Crippen molar-refractivity contribution in [3.8, 4) is 5.75 Å². The summed E-state index contributed by atoms with van der Waals surface area (Å²) < 4.78 is 11.4. The molecule has 3 unspecified atom stereocenters. The van der Waals surface area contributed by atoms with Crippen molar-refractivity contribution in [3.63, 3.8) is 0 Å². The van der Waals surface area contributed by atoms with Crippen molar-refractivity contribution >= 4 is 11.6 Å². The Morgan fingerprint density at radius 2 is 2.25 bits per heavy atom. The standard InChI is InChI=1S/C16H24ClNO2/c1-4-9-18-16(14-8-5-11(2)20-14)12-6-7-13(17)15(10-12)19-3/h6-7,10-11,14,16,18H,4-5,8-9H2,1-3H3. The summed E-state index contributed by atoms with van der Waals surface area (Å²) in [7, 11) is 1.65. The Morgan fingerprint density at radius 3 is 2.85 bits per heavy atom. The van der Waals surface area contributed by atoms with Crippen LogP contribution in [0.4, 0.5) is 0 Å². The molecule has 20 heavy (non-hydrogen) atoms. The topological polar surface area (TPSA) is 30.5 Å². The van der Waals surface area contributed by atoms with Gasteiger partial charge in [0.05, 0.1) is 30.4 Å². The van der Waals surface area contributed by atoms with Crippen molar-refractivity contribution in [3.05, 3.63) is 28.8 Å². The van der Waals surface area contributed by atoms with Crippen LogP contribution >= 0.6 is 11.6 Å². The Balaban J connectivity index is 2.21. The van der Waals surface area contributed by atoms with Gasteiger partial charge in [-0.1, -0.05) is 24.6 Å². The van der Waals surface area contributed by atoms with Gasteiger partial charge in [0.15, 0.2) is 0 Å². The summed E-state index contributed by atoms with van der Waals surface area (Å²) in [6.07, 6.45) is 3.89. The third-order valence-electron chi connectivity index (χ3n) is 3.79. The molecule has 1 saturated heterocycles. The first-order valence-electron chi connectivity index (χ1n) is 7.38. The molecule has 112 valence electrons. The lowest BCUT2D eigenvalue weighted by Crippen LogP contribution is -2.32. The van der Waals surface area contributed by atoms with Crippen molar-refractivity contribution in [2.45, 2.75) is 51.4 Å². The summed E-state index contributed by atoms with van der Waals surface area (Å²) >= 11 is 6.11. The SMILES string of the molecule is CCCNC(c1ccc(Cl)c(OC)c1)C1CCC(C)O1. The zero-order chi connectivity index (χ0) is 14.5. The van der Waals surface area contributed by atoms with Crippen LogP contribution in [0.5, 0.6) is 5.75 Å². The van der Waals surface area contributed by atoms with Gasteiger partial charge < -0.3 is 14.8 Å². The quantitative estimate of drug-likeness (QED) is 0.862. The van der Waals surface area contributed by atoms with Gasteiger partial charge in [0.1, 0.15) is 5.75 Å². The van der Waals surface area contributed by atoms with E-state index in [1.807, 2.05) is 12.1 Å². The van der Waals surface area contributed by atoms with Gasteiger partial charge in [-0.25, -0.2) is 0 Å². The first kappa shape index (κ1) is 15.6. The number of hydrogen-bond acceptors (Lipinski definition) is 3. The fourth-order valence-electron chi connectivity index (χ4n) is 2.71. The molecule has 0 aromatic heterocycles. The van der Waals surface area contributed by atoms with Gasteiger partial charge in [-0.05, 0) is 50.4 Å². The van der Waals surface area contributed by atoms with E-state index in [4.69, 9.17) is 21.1 Å². The van der Waals surface area contributed by atoms with E-state index in [9.17, 15) is 0 Å². The van der Waals surface area contributed by atoms with Gasteiger partial charge >= 0.3 is 0 Å². The molecule has 1 aromatic carbocycles. The van der Waals surface area contributed by atoms with E-state index in [1.54, 1.807) is 7.11 Å². The average molecular weight is 298 g/mol. The number of halogens is 1. The molecule has 1 aliphatic rings. The van der Waals surface area contributed by atoms with Crippen LogP contribution in [-0.2, 0) is 4.74 Å². The molecule has 0 saturated carbocycles. The Kier molecular flexibility index (Phi) is 5.70. The van der Waals surface area contributed by atoms with Crippen molar-refractivity contribution < 1.29 is 9.47 Å². The van der Waals surface area contributed by atoms with E-state index in [-0.39, 0.29) is 12.1 Å². The van der Waals surface area contributed by atoms with Crippen LogP contribution in [0.15, 0.2) is 18.2 Å². The molecule has 3 atom stereocenters. The molecule has 0 aliphatic carbocycles. The minimum absolute atomic E-state index is 0.200. The van der Waals surface area contributed by atoms with E-state index in [2.05, 4.69) is 25.2 Å². The summed E-state index contributed by atoms with van der Waals surface area (Å²) in [5, 5.41) is 4.24. The molecule has 1 fully saturated rings. The predicted octanol–water partition coefficient (Wildman–Crippen LogP) is 3.96. The Bertz CT molecular complexity index is 438. The van der Waals surface area contributed by atoms with Gasteiger partial charge in [0.2, 0.25) is 0 Å². The van der Waals surface area contributed by atoms with Crippen LogP contribution in [0.25, 0.3) is 0 Å². The first-order chi connectivity index (χ1) is 9.65. The third-order valence-corrected chi connectivity index (χ3v) is 4.10. The molecule has 0 radical (unpaired) electrons. The van der Waals surface area contributed by atoms with E-state index >= 15 is 0 Å². The van der Waals surface area contributed by atoms with E-state index in [1.165, 1.54) is 5.56 Å². The largest absolute Gasteiger partial charge is 0.495 e. The number of methoxy groups -OCH3 is 1. The van der Waals surface area contributed by atoms with Crippen LogP contribution in [0.1, 0.15) is 44.7 Å². The number of benzene rings is 1. The highest BCUT2D eigenvalue weighted by Crippen LogP contribution is 2.34. The van der Waals surface area contributed by atoms with Gasteiger partial charge in [0.25, 0.3) is 0 Å². The minimum atomic E-state index is 0.200. The molecular formula is C16H24ClNO2. The molecular weight excluding hydrogens is 274 g/mol. The van der Waals surface area contributed by atoms with Crippen LogP contribution < -0.4 is 10.1 Å². The predicted molar refractivity (Wildman–Crippen MR) is 82.6 cm³/mol. The second kappa shape index (κ2) is 7.30. The molecule has 3 nitrogen and oxygen atoms in total. The summed E-state index contributed by atoms with van der Waals surface area (Å²) in [6.45, 7) is 5.29. The van der Waals surface area contributed by atoms with Crippen LogP contribution in [-0.4, -0.2) is 25.9 Å². The zero-order valence-corrected chi connectivity index (χ0v) is 13.2. The lowest BCUT2D eigenvalue weighted by Gasteiger charge is -2.26. The van der Waals surface area contributed by atoms with Gasteiger partial charge in [-0.15, -0.1) is 0 Å². The van der Waals surface area contributed by atoms with Crippen LogP contribution in [0, 0.1) is 0 Å². The second-order valence-corrected chi connectivity index (χ2v) is 5.80. The van der Waals surface area contributed by atoms with E-state index in [0.29, 0.717) is 11.1 Å². The molecule has 0 amide bonds. The molecule has 2 rings (SSSR count). The van der Waals surface area contributed by atoms with Crippen molar-refractivity contribution in [1.82, 2.24) is 5.32 Å². The number of hydrogen-bond donors (Lipinski definition) is 1. The molecule has 1 heterocycles. The number of nitrogens with one attached hydrogen (secondary N) is 1. The lowest BCUT2D eigenvalue weighted by atomic mass is 9.98. The fourth-order valence-corrected chi connectivity index (χ4v) is 2.91. The van der Waals surface area contributed by atoms with Crippen molar-refractivity contribution in [2.24, 2.45) is 0 Å². The molecule has 1 aliphatic heterocycles. The second-order valence-electron chi connectivity index (χ2n) is 5.39. The molecule has 1 N–H and O–H groups in total. The van der Waals surface area contributed by atoms with Gasteiger partial charge in [0, 0.05) is 0 Å². The first-order valence-corrected chi connectivity index (χ1v) is 7.75. The highest BCUT2D eigenvalue weighted by Gasteiger charge is 2.30. The summed E-state index contributed by atoms with van der Waals surface area (Å²) in [5.41, 5.74) is 1.18. The molecule has 0 bridgehead atoms. The Hall–Kier alpha value is -0.770. The maximum Gasteiger partial charge on any atom is 0.137 e. The van der Waals surface area contributed by atoms with E-state index in [0.717, 1.165) is 31.6 Å². The lowest BCUT2D eigenvalue weighted by molar-refractivity contribution is 0.0316. The van der Waals surface area contributed by atoms with Gasteiger partial charge in [-0.2, -0.15) is 0 Å². The number of ether oxygens (including phenoxy) is 2. The average Bonchev–Trinajstić information content (AvgIpc) is 2.87. The Labute approximate surface area is 126 Å². The molecule has 0 spiro atoms. The third kappa shape index (κ3) is 3.66.